The van der Waals surface area contributed by atoms with Crippen LogP contribution in [0.5, 0.6) is 5.88 Å². The first kappa shape index (κ1) is 39.0. The highest BCUT2D eigenvalue weighted by Gasteiger charge is 2.36. The molecule has 2 aliphatic heterocycles. The average molecular weight is 744 g/mol. The van der Waals surface area contributed by atoms with Gasteiger partial charge in [0.25, 0.3) is 11.8 Å². The molecule has 1 aliphatic carbocycles. The number of hydrogen-bond acceptors (Lipinski definition) is 11. The molecule has 2 aromatic rings. The zero-order valence-corrected chi connectivity index (χ0v) is 29.9. The Morgan fingerprint density at radius 3 is 2.38 bits per heavy atom. The van der Waals surface area contributed by atoms with Crippen molar-refractivity contribution in [2.75, 3.05) is 52.5 Å². The first-order valence-corrected chi connectivity index (χ1v) is 18.0. The van der Waals surface area contributed by atoms with E-state index in [0.717, 1.165) is 30.0 Å². The van der Waals surface area contributed by atoms with Crippen molar-refractivity contribution in [3.8, 4) is 11.6 Å². The van der Waals surface area contributed by atoms with Crippen LogP contribution in [0.1, 0.15) is 69.3 Å². The van der Waals surface area contributed by atoms with Gasteiger partial charge in [-0.05, 0) is 70.6 Å². The van der Waals surface area contributed by atoms with Crippen LogP contribution in [0, 0.1) is 5.82 Å². The second-order valence-corrected chi connectivity index (χ2v) is 12.9. The van der Waals surface area contributed by atoms with Crippen LogP contribution >= 0.6 is 0 Å². The van der Waals surface area contributed by atoms with Crippen LogP contribution in [0.3, 0.4) is 0 Å². The minimum absolute atomic E-state index is 0.0676. The summed E-state index contributed by atoms with van der Waals surface area (Å²) in [6.07, 6.45) is 3.15. The highest BCUT2D eigenvalue weighted by Crippen LogP contribution is 2.24. The number of ether oxygens (including phenoxy) is 2. The van der Waals surface area contributed by atoms with Gasteiger partial charge in [0, 0.05) is 44.8 Å². The van der Waals surface area contributed by atoms with E-state index in [1.54, 1.807) is 13.8 Å². The number of carbonyl (C=O) groups is 6. The molecule has 2 atom stereocenters. The third-order valence-corrected chi connectivity index (χ3v) is 9.26. The SMILES string of the molecule is CCOOC(=O)CC[C@H](NC(=O)c1cc(OCC(=O)N2CCC[C@H]2C(=O)NC2CCC2)n(-c2cccc(F)c2)n1)C(=O)N1CCN(C(=O)OCC)CC1. The molecular formula is C35H46FN7O10. The van der Waals surface area contributed by atoms with Crippen LogP contribution in [0.15, 0.2) is 30.3 Å². The normalized spacial score (nSPS) is 17.8. The number of piperazine rings is 1. The van der Waals surface area contributed by atoms with E-state index in [1.165, 1.54) is 39.0 Å². The Morgan fingerprint density at radius 2 is 1.70 bits per heavy atom. The number of carbonyl (C=O) groups excluding carboxylic acids is 6. The summed E-state index contributed by atoms with van der Waals surface area (Å²) in [5.74, 6) is -3.35. The Bertz CT molecular complexity index is 1640. The second kappa shape index (κ2) is 18.5. The van der Waals surface area contributed by atoms with Crippen molar-refractivity contribution in [1.82, 2.24) is 35.1 Å². The summed E-state index contributed by atoms with van der Waals surface area (Å²) in [6, 6.07) is 4.91. The molecule has 3 heterocycles. The Kier molecular flexibility index (Phi) is 13.6. The number of amides is 5. The summed E-state index contributed by atoms with van der Waals surface area (Å²) >= 11 is 0. The maximum atomic E-state index is 14.3. The lowest BCUT2D eigenvalue weighted by Gasteiger charge is -2.35. The van der Waals surface area contributed by atoms with Gasteiger partial charge in [0.2, 0.25) is 17.7 Å². The van der Waals surface area contributed by atoms with Crippen molar-refractivity contribution in [2.24, 2.45) is 0 Å². The van der Waals surface area contributed by atoms with Gasteiger partial charge in [-0.3, -0.25) is 24.1 Å². The molecule has 0 bridgehead atoms. The predicted octanol–water partition coefficient (Wildman–Crippen LogP) is 1.72. The van der Waals surface area contributed by atoms with Gasteiger partial charge < -0.3 is 34.8 Å². The van der Waals surface area contributed by atoms with Crippen LogP contribution in [0.4, 0.5) is 9.18 Å². The molecule has 18 heteroatoms. The topological polar surface area (TPSA) is 191 Å². The molecule has 17 nitrogen and oxygen atoms in total. The maximum Gasteiger partial charge on any atom is 0.409 e. The molecule has 3 aliphatic rings. The monoisotopic (exact) mass is 743 g/mol. The lowest BCUT2D eigenvalue weighted by Crippen LogP contribution is -2.56. The summed E-state index contributed by atoms with van der Waals surface area (Å²) in [7, 11) is 0. The van der Waals surface area contributed by atoms with Crippen molar-refractivity contribution in [2.45, 2.75) is 76.9 Å². The number of halogens is 1. The molecule has 5 rings (SSSR count). The Balaban J connectivity index is 1.31. The number of aromatic nitrogens is 2. The van der Waals surface area contributed by atoms with Crippen LogP contribution in [-0.4, -0.2) is 131 Å². The molecule has 5 amide bonds. The molecule has 0 spiro atoms. The van der Waals surface area contributed by atoms with E-state index >= 15 is 0 Å². The largest absolute Gasteiger partial charge is 0.467 e. The molecule has 0 radical (unpaired) electrons. The zero-order valence-electron chi connectivity index (χ0n) is 29.9. The zero-order chi connectivity index (χ0) is 37.9. The standard InChI is InChI=1S/C35H46FN7O10/c1-3-50-35(49)41-18-16-40(17-19-41)34(48)26(13-14-31(45)53-52-4-2)38-32(46)27-21-30(43(39-27)25-11-5-8-23(36)20-25)51-22-29(44)42-15-7-12-28(42)33(47)37-24-9-6-10-24/h5,8,11,20-21,24,26,28H,3-4,6-7,9-10,12-19,22H2,1-2H3,(H,37,47)(H,38,46)/t26-,28-/m0/s1. The van der Waals surface area contributed by atoms with Gasteiger partial charge in [-0.2, -0.15) is 9.99 Å². The highest BCUT2D eigenvalue weighted by atomic mass is 19.1. The maximum absolute atomic E-state index is 14.3. The lowest BCUT2D eigenvalue weighted by atomic mass is 9.93. The molecular weight excluding hydrogens is 697 g/mol. The summed E-state index contributed by atoms with van der Waals surface area (Å²) in [5, 5.41) is 9.97. The first-order chi connectivity index (χ1) is 25.6. The molecule has 1 aromatic heterocycles. The minimum atomic E-state index is -1.21. The van der Waals surface area contributed by atoms with Crippen molar-refractivity contribution >= 4 is 35.7 Å². The summed E-state index contributed by atoms with van der Waals surface area (Å²) in [6.45, 7) is 4.28. The Morgan fingerprint density at radius 1 is 0.943 bits per heavy atom. The molecule has 3 fully saturated rings. The molecule has 1 saturated carbocycles. The molecule has 2 saturated heterocycles. The van der Waals surface area contributed by atoms with Gasteiger partial charge >= 0.3 is 12.1 Å². The fraction of sp³-hybridized carbons (Fsp3) is 0.571. The predicted molar refractivity (Wildman–Crippen MR) is 183 cm³/mol. The van der Waals surface area contributed by atoms with Crippen LogP contribution in [0.25, 0.3) is 5.69 Å². The van der Waals surface area contributed by atoms with E-state index in [2.05, 4.69) is 20.6 Å². The average Bonchev–Trinajstić information content (AvgIpc) is 3.81. The van der Waals surface area contributed by atoms with Gasteiger partial charge in [-0.25, -0.2) is 18.7 Å². The number of hydrogen-bond donors (Lipinski definition) is 2. The number of benzene rings is 1. The first-order valence-electron chi connectivity index (χ1n) is 18.0. The quantitative estimate of drug-likeness (QED) is 0.200. The van der Waals surface area contributed by atoms with E-state index in [9.17, 15) is 33.2 Å². The number of rotatable bonds is 15. The molecule has 0 unspecified atom stereocenters. The summed E-state index contributed by atoms with van der Waals surface area (Å²) in [5.41, 5.74) is -0.0337. The van der Waals surface area contributed by atoms with Gasteiger partial charge in [0.15, 0.2) is 12.3 Å². The van der Waals surface area contributed by atoms with E-state index in [0.29, 0.717) is 19.4 Å². The minimum Gasteiger partial charge on any atom is -0.467 e. The fourth-order valence-electron chi connectivity index (χ4n) is 6.24. The van der Waals surface area contributed by atoms with E-state index in [-0.39, 0.29) is 81.4 Å². The van der Waals surface area contributed by atoms with E-state index in [4.69, 9.17) is 14.4 Å². The molecule has 288 valence electrons. The van der Waals surface area contributed by atoms with Crippen molar-refractivity contribution in [1.29, 1.82) is 0 Å². The van der Waals surface area contributed by atoms with Crippen LogP contribution < -0.4 is 15.4 Å². The molecule has 2 N–H and O–H groups in total. The number of likely N-dealkylation sites (tertiary alicyclic amines) is 1. The van der Waals surface area contributed by atoms with Gasteiger partial charge in [-0.1, -0.05) is 6.07 Å². The van der Waals surface area contributed by atoms with Crippen LogP contribution in [0.2, 0.25) is 0 Å². The smallest absolute Gasteiger partial charge is 0.409 e. The summed E-state index contributed by atoms with van der Waals surface area (Å²) < 4.78 is 26.4. The van der Waals surface area contributed by atoms with Crippen molar-refractivity contribution < 1.29 is 52.4 Å². The Labute approximate surface area is 305 Å². The lowest BCUT2D eigenvalue weighted by molar-refractivity contribution is -0.269. The van der Waals surface area contributed by atoms with Crippen molar-refractivity contribution in [3.05, 3.63) is 41.8 Å². The molecule has 1 aromatic carbocycles. The highest BCUT2D eigenvalue weighted by molar-refractivity contribution is 5.96. The van der Waals surface area contributed by atoms with Crippen LogP contribution in [-0.2, 0) is 33.7 Å². The second-order valence-electron chi connectivity index (χ2n) is 12.9. The Hall–Kier alpha value is -5.26. The van der Waals surface area contributed by atoms with Gasteiger partial charge in [-0.15, -0.1) is 0 Å². The third kappa shape index (κ3) is 10.2. The third-order valence-electron chi connectivity index (χ3n) is 9.26. The van der Waals surface area contributed by atoms with E-state index in [1.807, 2.05) is 0 Å². The van der Waals surface area contributed by atoms with Gasteiger partial charge in [0.05, 0.1) is 25.3 Å². The fourth-order valence-corrected chi connectivity index (χ4v) is 6.24. The summed E-state index contributed by atoms with van der Waals surface area (Å²) in [4.78, 5) is 91.9. The van der Waals surface area contributed by atoms with Crippen molar-refractivity contribution in [3.63, 3.8) is 0 Å². The van der Waals surface area contributed by atoms with E-state index < -0.39 is 54.3 Å². The number of nitrogens with zero attached hydrogens (tertiary/aromatic N) is 5. The van der Waals surface area contributed by atoms with Gasteiger partial charge in [0.1, 0.15) is 17.9 Å². The molecule has 53 heavy (non-hydrogen) atoms. The number of nitrogens with one attached hydrogen (secondary N) is 2.